The lowest BCUT2D eigenvalue weighted by Crippen LogP contribution is -2.36. The smallest absolute Gasteiger partial charge is 0.251 e. The summed E-state index contributed by atoms with van der Waals surface area (Å²) in [6.07, 6.45) is 7.41. The molecule has 116 valence electrons. The lowest BCUT2D eigenvalue weighted by atomic mass is 9.95. The number of carbonyl (C=O) groups excluding carboxylic acids is 1. The van der Waals surface area contributed by atoms with Gasteiger partial charge in [0.15, 0.2) is 5.16 Å². The average molecular weight is 316 g/mol. The van der Waals surface area contributed by atoms with Gasteiger partial charge in [0, 0.05) is 17.4 Å². The molecule has 0 radical (unpaired) electrons. The van der Waals surface area contributed by atoms with E-state index in [1.165, 1.54) is 25.6 Å². The molecule has 1 aromatic heterocycles. The van der Waals surface area contributed by atoms with Crippen LogP contribution >= 0.6 is 11.8 Å². The van der Waals surface area contributed by atoms with Crippen molar-refractivity contribution in [3.05, 3.63) is 41.7 Å². The topological polar surface area (TPSA) is 70.7 Å². The van der Waals surface area contributed by atoms with Crippen LogP contribution in [0.2, 0.25) is 0 Å². The Morgan fingerprint density at radius 3 is 2.86 bits per heavy atom. The summed E-state index contributed by atoms with van der Waals surface area (Å²) >= 11 is 1.55. The maximum absolute atomic E-state index is 12.5. The standard InChI is InChI=1S/C16H20N4OS/c21-15(19-13-7-2-1-3-8-13)14-9-5-4-6-12(14)10-22-16-17-11-18-20-16/h4-6,9,11,13H,1-3,7-8,10H2,(H,19,21)(H,17,18,20). The van der Waals surface area contributed by atoms with E-state index in [0.29, 0.717) is 11.8 Å². The number of hydrogen-bond acceptors (Lipinski definition) is 4. The van der Waals surface area contributed by atoms with E-state index in [2.05, 4.69) is 20.5 Å². The molecular weight excluding hydrogens is 296 g/mol. The van der Waals surface area contributed by atoms with E-state index in [9.17, 15) is 4.79 Å². The van der Waals surface area contributed by atoms with Gasteiger partial charge in [-0.3, -0.25) is 9.89 Å². The number of carbonyl (C=O) groups is 1. The third-order valence-corrected chi connectivity index (χ3v) is 4.89. The largest absolute Gasteiger partial charge is 0.349 e. The highest BCUT2D eigenvalue weighted by atomic mass is 32.2. The molecule has 0 bridgehead atoms. The number of benzene rings is 1. The number of nitrogens with zero attached hydrogens (tertiary/aromatic N) is 2. The Kier molecular flexibility index (Phi) is 5.11. The molecule has 6 heteroatoms. The van der Waals surface area contributed by atoms with Gasteiger partial charge < -0.3 is 5.32 Å². The van der Waals surface area contributed by atoms with Crippen molar-refractivity contribution in [1.82, 2.24) is 20.5 Å². The Bertz CT molecular complexity index is 608. The first-order valence-electron chi connectivity index (χ1n) is 7.70. The van der Waals surface area contributed by atoms with Crippen LogP contribution in [0.4, 0.5) is 0 Å². The molecule has 2 aromatic rings. The summed E-state index contributed by atoms with van der Waals surface area (Å²) in [6.45, 7) is 0. The summed E-state index contributed by atoms with van der Waals surface area (Å²) in [4.78, 5) is 16.6. The molecule has 1 aromatic carbocycles. The number of H-pyrrole nitrogens is 1. The van der Waals surface area contributed by atoms with E-state index < -0.39 is 0 Å². The number of rotatable bonds is 5. The van der Waals surface area contributed by atoms with Crippen LogP contribution in [0.15, 0.2) is 35.7 Å². The first-order chi connectivity index (χ1) is 10.8. The van der Waals surface area contributed by atoms with Gasteiger partial charge in [0.05, 0.1) is 0 Å². The number of aromatic nitrogens is 3. The van der Waals surface area contributed by atoms with E-state index in [-0.39, 0.29) is 5.91 Å². The lowest BCUT2D eigenvalue weighted by molar-refractivity contribution is 0.0927. The molecule has 1 aliphatic carbocycles. The van der Waals surface area contributed by atoms with Crippen molar-refractivity contribution in [2.45, 2.75) is 49.1 Å². The Balaban J connectivity index is 1.65. The molecular formula is C16H20N4OS. The minimum Gasteiger partial charge on any atom is -0.349 e. The third-order valence-electron chi connectivity index (χ3n) is 3.96. The van der Waals surface area contributed by atoms with Crippen LogP contribution in [0, 0.1) is 0 Å². The molecule has 22 heavy (non-hydrogen) atoms. The molecule has 2 N–H and O–H groups in total. The van der Waals surface area contributed by atoms with Crippen LogP contribution in [0.3, 0.4) is 0 Å². The van der Waals surface area contributed by atoms with Crippen molar-refractivity contribution in [2.24, 2.45) is 0 Å². The highest BCUT2D eigenvalue weighted by Gasteiger charge is 2.18. The van der Waals surface area contributed by atoms with Crippen LogP contribution in [-0.2, 0) is 5.75 Å². The van der Waals surface area contributed by atoms with Crippen molar-refractivity contribution >= 4 is 17.7 Å². The van der Waals surface area contributed by atoms with Crippen LogP contribution in [0.25, 0.3) is 0 Å². The second kappa shape index (κ2) is 7.45. The number of nitrogens with one attached hydrogen (secondary N) is 2. The maximum atomic E-state index is 12.5. The van der Waals surface area contributed by atoms with Crippen molar-refractivity contribution in [3.63, 3.8) is 0 Å². The van der Waals surface area contributed by atoms with Gasteiger partial charge in [0.2, 0.25) is 0 Å². The molecule has 0 unspecified atom stereocenters. The fourth-order valence-electron chi connectivity index (χ4n) is 2.79. The molecule has 1 fully saturated rings. The Hall–Kier alpha value is -1.82. The second-order valence-corrected chi connectivity index (χ2v) is 6.51. The number of aromatic amines is 1. The molecule has 0 spiro atoms. The maximum Gasteiger partial charge on any atom is 0.251 e. The predicted octanol–water partition coefficient (Wildman–Crippen LogP) is 3.16. The fraction of sp³-hybridized carbons (Fsp3) is 0.438. The van der Waals surface area contributed by atoms with Crippen LogP contribution in [-0.4, -0.2) is 27.1 Å². The number of hydrogen-bond donors (Lipinski definition) is 2. The first kappa shape index (κ1) is 15.1. The monoisotopic (exact) mass is 316 g/mol. The van der Waals surface area contributed by atoms with Gasteiger partial charge >= 0.3 is 0 Å². The summed E-state index contributed by atoms with van der Waals surface area (Å²) in [5, 5.41) is 10.6. The summed E-state index contributed by atoms with van der Waals surface area (Å²) in [5.74, 6) is 0.740. The van der Waals surface area contributed by atoms with Crippen molar-refractivity contribution in [3.8, 4) is 0 Å². The fourth-order valence-corrected chi connectivity index (χ4v) is 3.57. The minimum atomic E-state index is 0.0423. The van der Waals surface area contributed by atoms with Crippen molar-refractivity contribution in [2.75, 3.05) is 0 Å². The second-order valence-electron chi connectivity index (χ2n) is 5.54. The summed E-state index contributed by atoms with van der Waals surface area (Å²) < 4.78 is 0. The molecule has 0 saturated heterocycles. The van der Waals surface area contributed by atoms with E-state index >= 15 is 0 Å². The highest BCUT2D eigenvalue weighted by Crippen LogP contribution is 2.22. The normalized spacial score (nSPS) is 15.6. The average Bonchev–Trinajstić information content (AvgIpc) is 3.07. The van der Waals surface area contributed by atoms with Crippen LogP contribution < -0.4 is 5.32 Å². The van der Waals surface area contributed by atoms with E-state index in [0.717, 1.165) is 29.1 Å². The molecule has 1 aliphatic rings. The molecule has 1 saturated carbocycles. The predicted molar refractivity (Wildman–Crippen MR) is 86.7 cm³/mol. The van der Waals surface area contributed by atoms with E-state index in [1.54, 1.807) is 11.8 Å². The quantitative estimate of drug-likeness (QED) is 0.831. The molecule has 1 heterocycles. The highest BCUT2D eigenvalue weighted by molar-refractivity contribution is 7.98. The minimum absolute atomic E-state index is 0.0423. The van der Waals surface area contributed by atoms with Crippen LogP contribution in [0.5, 0.6) is 0 Å². The molecule has 3 rings (SSSR count). The zero-order chi connectivity index (χ0) is 15.2. The Morgan fingerprint density at radius 2 is 2.09 bits per heavy atom. The van der Waals surface area contributed by atoms with E-state index in [1.807, 2.05) is 24.3 Å². The Labute approximate surface area is 134 Å². The zero-order valence-corrected chi connectivity index (χ0v) is 13.2. The molecule has 0 atom stereocenters. The summed E-state index contributed by atoms with van der Waals surface area (Å²) in [6, 6.07) is 8.11. The summed E-state index contributed by atoms with van der Waals surface area (Å²) in [7, 11) is 0. The number of amides is 1. The molecule has 0 aliphatic heterocycles. The van der Waals surface area contributed by atoms with Gasteiger partial charge in [0.25, 0.3) is 5.91 Å². The third kappa shape index (κ3) is 3.88. The lowest BCUT2D eigenvalue weighted by Gasteiger charge is -2.23. The first-order valence-corrected chi connectivity index (χ1v) is 8.68. The van der Waals surface area contributed by atoms with Gasteiger partial charge in [-0.05, 0) is 24.5 Å². The molecule has 1 amide bonds. The van der Waals surface area contributed by atoms with Gasteiger partial charge in [-0.2, -0.15) is 5.10 Å². The molecule has 5 nitrogen and oxygen atoms in total. The Morgan fingerprint density at radius 1 is 1.27 bits per heavy atom. The number of thioether (sulfide) groups is 1. The zero-order valence-electron chi connectivity index (χ0n) is 12.4. The van der Waals surface area contributed by atoms with Gasteiger partial charge in [-0.1, -0.05) is 49.2 Å². The van der Waals surface area contributed by atoms with E-state index in [4.69, 9.17) is 0 Å². The van der Waals surface area contributed by atoms with Crippen molar-refractivity contribution < 1.29 is 4.79 Å². The van der Waals surface area contributed by atoms with Gasteiger partial charge in [-0.15, -0.1) is 0 Å². The SMILES string of the molecule is O=C(NC1CCCCC1)c1ccccc1CSc1ncn[nH]1. The van der Waals surface area contributed by atoms with Gasteiger partial charge in [-0.25, -0.2) is 4.98 Å². The van der Waals surface area contributed by atoms with Crippen LogP contribution in [0.1, 0.15) is 48.0 Å². The summed E-state index contributed by atoms with van der Waals surface area (Å²) in [5.41, 5.74) is 1.79. The van der Waals surface area contributed by atoms with Crippen molar-refractivity contribution in [1.29, 1.82) is 0 Å². The van der Waals surface area contributed by atoms with Gasteiger partial charge in [0.1, 0.15) is 6.33 Å².